The molecule has 194 valence electrons. The minimum absolute atomic E-state index is 0.330. The normalized spacial score (nSPS) is 13.3. The van der Waals surface area contributed by atoms with Gasteiger partial charge in [0.05, 0.1) is 18.2 Å². The van der Waals surface area contributed by atoms with Crippen LogP contribution in [-0.4, -0.2) is 38.0 Å². The molecule has 0 atom stereocenters. The van der Waals surface area contributed by atoms with E-state index >= 15 is 0 Å². The van der Waals surface area contributed by atoms with Crippen molar-refractivity contribution < 1.29 is 17.9 Å². The van der Waals surface area contributed by atoms with Gasteiger partial charge in [-0.3, -0.25) is 0 Å². The SMILES string of the molecule is C=C(C)C(=C(C)C)c1cc2[nH]c3nc(C)nc(Nc4c5c(nn4CC(F)(F)F)CCC5)c3c2cc1OC. The molecule has 0 amide bonds. The largest absolute Gasteiger partial charge is 0.496 e. The molecule has 7 nitrogen and oxygen atoms in total. The van der Waals surface area contributed by atoms with Gasteiger partial charge in [0.1, 0.15) is 35.4 Å². The van der Waals surface area contributed by atoms with Crippen molar-refractivity contribution in [1.82, 2.24) is 24.7 Å². The molecule has 0 spiro atoms. The Labute approximate surface area is 212 Å². The zero-order valence-electron chi connectivity index (χ0n) is 21.5. The predicted octanol–water partition coefficient (Wildman–Crippen LogP) is 6.79. The molecule has 37 heavy (non-hydrogen) atoms. The van der Waals surface area contributed by atoms with Gasteiger partial charge >= 0.3 is 6.18 Å². The topological polar surface area (TPSA) is 80.7 Å². The highest BCUT2D eigenvalue weighted by molar-refractivity contribution is 6.13. The number of ether oxygens (including phenoxy) is 1. The molecule has 0 saturated carbocycles. The number of aromatic amines is 1. The highest BCUT2D eigenvalue weighted by Gasteiger charge is 2.33. The molecule has 3 heterocycles. The van der Waals surface area contributed by atoms with Gasteiger partial charge in [0.15, 0.2) is 0 Å². The van der Waals surface area contributed by atoms with E-state index in [9.17, 15) is 13.2 Å². The Morgan fingerprint density at radius 2 is 1.95 bits per heavy atom. The first kappa shape index (κ1) is 24.9. The molecule has 4 aromatic rings. The Bertz CT molecular complexity index is 1590. The van der Waals surface area contributed by atoms with E-state index in [0.29, 0.717) is 52.8 Å². The van der Waals surface area contributed by atoms with E-state index in [1.807, 2.05) is 32.9 Å². The third-order valence-electron chi connectivity index (χ3n) is 6.62. The van der Waals surface area contributed by atoms with Crippen LogP contribution in [0.1, 0.15) is 49.8 Å². The van der Waals surface area contributed by atoms with Gasteiger partial charge in [-0.05, 0) is 64.7 Å². The molecule has 1 aliphatic rings. The standard InChI is InChI=1S/C27H29F3N6O/c1-13(2)22(14(3)4)18-10-20-17(11-21(18)37-6)23-24(33-20)31-15(5)32-25(23)34-26-16-8-7-9-19(16)35-36(26)12-27(28,29)30/h10-11H,1,7-9,12H2,2-6H3,(H2,31,32,33,34). The number of rotatable bonds is 6. The van der Waals surface area contributed by atoms with E-state index in [1.165, 1.54) is 0 Å². The number of alkyl halides is 3. The molecule has 3 aromatic heterocycles. The lowest BCUT2D eigenvalue weighted by molar-refractivity contribution is -0.142. The zero-order valence-corrected chi connectivity index (χ0v) is 21.5. The maximum atomic E-state index is 13.4. The molecule has 0 saturated heterocycles. The molecule has 10 heteroatoms. The highest BCUT2D eigenvalue weighted by Crippen LogP contribution is 2.40. The molecule has 0 fully saturated rings. The van der Waals surface area contributed by atoms with Crippen LogP contribution in [0.5, 0.6) is 5.75 Å². The number of benzene rings is 1. The third kappa shape index (κ3) is 4.45. The minimum Gasteiger partial charge on any atom is -0.496 e. The summed E-state index contributed by atoms with van der Waals surface area (Å²) in [6, 6.07) is 3.91. The third-order valence-corrected chi connectivity index (χ3v) is 6.62. The van der Waals surface area contributed by atoms with Crippen molar-refractivity contribution in [2.24, 2.45) is 0 Å². The first-order valence-corrected chi connectivity index (χ1v) is 12.1. The highest BCUT2D eigenvalue weighted by atomic mass is 19.4. The second kappa shape index (κ2) is 8.93. The lowest BCUT2D eigenvalue weighted by Crippen LogP contribution is -2.20. The Kier molecular flexibility index (Phi) is 6.00. The van der Waals surface area contributed by atoms with Crippen LogP contribution in [0.3, 0.4) is 0 Å². The number of allylic oxidation sites excluding steroid dienone is 3. The quantitative estimate of drug-likeness (QED) is 0.279. The van der Waals surface area contributed by atoms with Crippen molar-refractivity contribution in [3.63, 3.8) is 0 Å². The van der Waals surface area contributed by atoms with Gasteiger partial charge in [-0.1, -0.05) is 17.7 Å². The summed E-state index contributed by atoms with van der Waals surface area (Å²) in [6.45, 7) is 10.7. The maximum absolute atomic E-state index is 13.4. The van der Waals surface area contributed by atoms with Crippen LogP contribution in [0.4, 0.5) is 24.8 Å². The van der Waals surface area contributed by atoms with Crippen LogP contribution in [0.15, 0.2) is 29.9 Å². The summed E-state index contributed by atoms with van der Waals surface area (Å²) in [4.78, 5) is 12.5. The summed E-state index contributed by atoms with van der Waals surface area (Å²) in [6.07, 6.45) is -2.21. The molecule has 0 bridgehead atoms. The lowest BCUT2D eigenvalue weighted by Gasteiger charge is -2.15. The van der Waals surface area contributed by atoms with E-state index in [1.54, 1.807) is 14.0 Å². The Balaban J connectivity index is 1.72. The van der Waals surface area contributed by atoms with E-state index in [4.69, 9.17) is 4.74 Å². The van der Waals surface area contributed by atoms with Crippen LogP contribution in [0.2, 0.25) is 0 Å². The van der Waals surface area contributed by atoms with Crippen LogP contribution >= 0.6 is 0 Å². The number of halogens is 3. The van der Waals surface area contributed by atoms with Crippen molar-refractivity contribution in [2.45, 2.75) is 59.7 Å². The van der Waals surface area contributed by atoms with Gasteiger partial charge in [0, 0.05) is 22.0 Å². The Morgan fingerprint density at radius 1 is 1.19 bits per heavy atom. The number of anilines is 2. The number of H-pyrrole nitrogens is 1. The molecule has 0 unspecified atom stereocenters. The first-order chi connectivity index (χ1) is 17.5. The van der Waals surface area contributed by atoms with E-state index in [2.05, 4.69) is 31.9 Å². The van der Waals surface area contributed by atoms with Gasteiger partial charge in [-0.2, -0.15) is 18.3 Å². The Hall–Kier alpha value is -3.82. The second-order valence-electron chi connectivity index (χ2n) is 9.75. The maximum Gasteiger partial charge on any atom is 0.408 e. The molecule has 5 rings (SSSR count). The zero-order chi connectivity index (χ0) is 26.6. The fraction of sp³-hybridized carbons (Fsp3) is 0.370. The van der Waals surface area contributed by atoms with Gasteiger partial charge in [-0.25, -0.2) is 14.6 Å². The smallest absolute Gasteiger partial charge is 0.408 e. The summed E-state index contributed by atoms with van der Waals surface area (Å²) < 4.78 is 46.8. The monoisotopic (exact) mass is 510 g/mol. The van der Waals surface area contributed by atoms with Crippen LogP contribution < -0.4 is 10.1 Å². The van der Waals surface area contributed by atoms with Crippen molar-refractivity contribution in [1.29, 1.82) is 0 Å². The minimum atomic E-state index is -4.40. The second-order valence-corrected chi connectivity index (χ2v) is 9.75. The number of hydrogen-bond donors (Lipinski definition) is 2. The number of nitrogens with zero attached hydrogens (tertiary/aromatic N) is 4. The summed E-state index contributed by atoms with van der Waals surface area (Å²) in [5.74, 6) is 1.89. The summed E-state index contributed by atoms with van der Waals surface area (Å²) in [5.41, 5.74) is 6.82. The predicted molar refractivity (Wildman–Crippen MR) is 139 cm³/mol. The van der Waals surface area contributed by atoms with Crippen molar-refractivity contribution in [3.05, 3.63) is 52.5 Å². The van der Waals surface area contributed by atoms with Crippen molar-refractivity contribution in [2.75, 3.05) is 12.4 Å². The first-order valence-electron chi connectivity index (χ1n) is 12.1. The summed E-state index contributed by atoms with van der Waals surface area (Å²) in [5, 5.41) is 8.95. The molecule has 2 N–H and O–H groups in total. The average Bonchev–Trinajstić information content (AvgIpc) is 3.45. The van der Waals surface area contributed by atoms with E-state index in [-0.39, 0.29) is 0 Å². The molecule has 1 aliphatic carbocycles. The fourth-order valence-electron chi connectivity index (χ4n) is 5.30. The van der Waals surface area contributed by atoms with Crippen molar-refractivity contribution in [3.8, 4) is 5.75 Å². The van der Waals surface area contributed by atoms with Gasteiger partial charge < -0.3 is 15.0 Å². The Morgan fingerprint density at radius 3 is 2.59 bits per heavy atom. The number of nitrogens with one attached hydrogen (secondary N) is 2. The van der Waals surface area contributed by atoms with E-state index < -0.39 is 12.7 Å². The van der Waals surface area contributed by atoms with Crippen LogP contribution in [0.25, 0.3) is 27.5 Å². The fourth-order valence-corrected chi connectivity index (χ4v) is 5.30. The average molecular weight is 511 g/mol. The molecule has 0 radical (unpaired) electrons. The lowest BCUT2D eigenvalue weighted by atomic mass is 9.94. The molecule has 1 aromatic carbocycles. The van der Waals surface area contributed by atoms with Gasteiger partial charge in [0.25, 0.3) is 0 Å². The molecule has 0 aliphatic heterocycles. The van der Waals surface area contributed by atoms with E-state index in [0.717, 1.165) is 49.9 Å². The number of aryl methyl sites for hydroxylation is 2. The van der Waals surface area contributed by atoms with Gasteiger partial charge in [0.2, 0.25) is 0 Å². The van der Waals surface area contributed by atoms with Crippen molar-refractivity contribution >= 4 is 39.1 Å². The van der Waals surface area contributed by atoms with Crippen LogP contribution in [-0.2, 0) is 19.4 Å². The molecular formula is C27H29F3N6O. The summed E-state index contributed by atoms with van der Waals surface area (Å²) >= 11 is 0. The van der Waals surface area contributed by atoms with Crippen LogP contribution in [0, 0.1) is 6.92 Å². The number of fused-ring (bicyclic) bond motifs is 4. The number of aromatic nitrogens is 5. The number of methoxy groups -OCH3 is 1. The number of hydrogen-bond acceptors (Lipinski definition) is 5. The summed E-state index contributed by atoms with van der Waals surface area (Å²) in [7, 11) is 1.61. The molecular weight excluding hydrogens is 481 g/mol. The van der Waals surface area contributed by atoms with Gasteiger partial charge in [-0.15, -0.1) is 0 Å².